The monoisotopic (exact) mass is 438 g/mol. The maximum Gasteiger partial charge on any atom is 0.351 e. The minimum atomic E-state index is -1.78. The molecule has 0 amide bonds. The maximum atomic E-state index is 12.8. The van der Waals surface area contributed by atoms with Gasteiger partial charge in [-0.05, 0) is 12.5 Å². The second-order valence-corrected chi connectivity index (χ2v) is 6.59. The van der Waals surface area contributed by atoms with Gasteiger partial charge in [0.2, 0.25) is 6.10 Å². The van der Waals surface area contributed by atoms with Gasteiger partial charge in [-0.1, -0.05) is 30.3 Å². The summed E-state index contributed by atoms with van der Waals surface area (Å²) in [4.78, 5) is 59.2. The molecule has 0 saturated carbocycles. The summed E-state index contributed by atoms with van der Waals surface area (Å²) in [5.41, 5.74) is 0.659. The van der Waals surface area contributed by atoms with Crippen molar-refractivity contribution in [1.82, 2.24) is 0 Å². The van der Waals surface area contributed by atoms with Crippen LogP contribution >= 0.6 is 0 Å². The quantitative estimate of drug-likeness (QED) is 0.391. The molecule has 0 saturated heterocycles. The van der Waals surface area contributed by atoms with Gasteiger partial charge in [-0.15, -0.1) is 0 Å². The van der Waals surface area contributed by atoms with Crippen molar-refractivity contribution >= 4 is 29.8 Å². The molecular weight excluding hydrogens is 412 g/mol. The zero-order valence-corrected chi connectivity index (χ0v) is 18.0. The summed E-state index contributed by atoms with van der Waals surface area (Å²) in [5.74, 6) is -4.29. The first-order chi connectivity index (χ1) is 14.5. The Labute approximate surface area is 179 Å². The number of hydrogen-bond acceptors (Lipinski definition) is 10. The van der Waals surface area contributed by atoms with Gasteiger partial charge in [-0.2, -0.15) is 0 Å². The van der Waals surface area contributed by atoms with E-state index in [2.05, 4.69) is 0 Å². The molecule has 4 atom stereocenters. The van der Waals surface area contributed by atoms with Crippen molar-refractivity contribution in [2.75, 3.05) is 0 Å². The minimum Gasteiger partial charge on any atom is -0.459 e. The molecule has 1 rings (SSSR count). The topological polar surface area (TPSA) is 132 Å². The molecule has 0 unspecified atom stereocenters. The van der Waals surface area contributed by atoms with Crippen molar-refractivity contribution in [3.05, 3.63) is 35.9 Å². The number of benzene rings is 1. The first-order valence-corrected chi connectivity index (χ1v) is 9.40. The summed E-state index contributed by atoms with van der Waals surface area (Å²) < 4.78 is 25.6. The average molecular weight is 438 g/mol. The molecule has 0 aliphatic heterocycles. The van der Waals surface area contributed by atoms with Gasteiger partial charge in [0, 0.05) is 27.7 Å². The van der Waals surface area contributed by atoms with E-state index in [4.69, 9.17) is 23.7 Å². The Morgan fingerprint density at radius 2 is 1.19 bits per heavy atom. The zero-order valence-electron chi connectivity index (χ0n) is 18.0. The van der Waals surface area contributed by atoms with Crippen LogP contribution < -0.4 is 0 Å². The lowest BCUT2D eigenvalue weighted by atomic mass is 10.0. The highest BCUT2D eigenvalue weighted by molar-refractivity contribution is 5.80. The number of esters is 5. The molecule has 0 fully saturated rings. The normalized spacial score (nSPS) is 14.2. The third-order valence-electron chi connectivity index (χ3n) is 3.79. The third kappa shape index (κ3) is 9.28. The minimum absolute atomic E-state index is 0.151. The van der Waals surface area contributed by atoms with E-state index >= 15 is 0 Å². The predicted molar refractivity (Wildman–Crippen MR) is 104 cm³/mol. The van der Waals surface area contributed by atoms with Crippen LogP contribution in [0.1, 0.15) is 40.2 Å². The van der Waals surface area contributed by atoms with Gasteiger partial charge in [-0.25, -0.2) is 4.79 Å². The first kappa shape index (κ1) is 25.6. The molecule has 31 heavy (non-hydrogen) atoms. The molecule has 10 nitrogen and oxygen atoms in total. The second kappa shape index (κ2) is 12.3. The summed E-state index contributed by atoms with van der Waals surface area (Å²) in [5, 5.41) is 0. The molecule has 1 aromatic rings. The van der Waals surface area contributed by atoms with Crippen molar-refractivity contribution in [2.24, 2.45) is 0 Å². The Morgan fingerprint density at radius 3 is 1.68 bits per heavy atom. The van der Waals surface area contributed by atoms with Gasteiger partial charge < -0.3 is 23.7 Å². The maximum absolute atomic E-state index is 12.8. The van der Waals surface area contributed by atoms with Crippen LogP contribution in [0.2, 0.25) is 0 Å². The molecule has 0 aliphatic rings. The van der Waals surface area contributed by atoms with Gasteiger partial charge in [0.25, 0.3) is 0 Å². The predicted octanol–water partition coefficient (Wildman–Crippen LogP) is 1.48. The van der Waals surface area contributed by atoms with Crippen molar-refractivity contribution in [2.45, 2.75) is 65.6 Å². The molecule has 170 valence electrons. The van der Waals surface area contributed by atoms with Crippen LogP contribution in [0.3, 0.4) is 0 Å². The lowest BCUT2D eigenvalue weighted by molar-refractivity contribution is -0.203. The molecule has 0 aliphatic carbocycles. The number of carbonyl (C=O) groups excluding carboxylic acids is 5. The Hall–Kier alpha value is -3.43. The van der Waals surface area contributed by atoms with E-state index in [-0.39, 0.29) is 6.61 Å². The van der Waals surface area contributed by atoms with E-state index in [9.17, 15) is 24.0 Å². The fourth-order valence-electron chi connectivity index (χ4n) is 2.68. The number of hydrogen-bond donors (Lipinski definition) is 0. The van der Waals surface area contributed by atoms with Crippen molar-refractivity contribution in [3.8, 4) is 0 Å². The van der Waals surface area contributed by atoms with Gasteiger partial charge in [0.1, 0.15) is 12.7 Å². The number of rotatable bonds is 10. The summed E-state index contributed by atoms with van der Waals surface area (Å²) in [6, 6.07) is 8.69. The fraction of sp³-hybridized carbons (Fsp3) is 0.476. The Kier molecular flexibility index (Phi) is 10.2. The highest BCUT2D eigenvalue weighted by Gasteiger charge is 2.46. The first-order valence-electron chi connectivity index (χ1n) is 9.40. The van der Waals surface area contributed by atoms with Crippen molar-refractivity contribution in [3.63, 3.8) is 0 Å². The second-order valence-electron chi connectivity index (χ2n) is 6.59. The lowest BCUT2D eigenvalue weighted by Gasteiger charge is -2.33. The summed E-state index contributed by atoms with van der Waals surface area (Å²) >= 11 is 0. The van der Waals surface area contributed by atoms with E-state index in [1.54, 1.807) is 30.3 Å². The van der Waals surface area contributed by atoms with Crippen LogP contribution in [0.25, 0.3) is 0 Å². The van der Waals surface area contributed by atoms with E-state index in [1.807, 2.05) is 0 Å². The van der Waals surface area contributed by atoms with E-state index in [1.165, 1.54) is 6.92 Å². The molecule has 0 aromatic heterocycles. The Bertz CT molecular complexity index is 789. The molecule has 10 heteroatoms. The van der Waals surface area contributed by atoms with Gasteiger partial charge >= 0.3 is 29.8 Å². The van der Waals surface area contributed by atoms with Gasteiger partial charge in [0.05, 0.1) is 0 Å². The fourth-order valence-corrected chi connectivity index (χ4v) is 2.68. The van der Waals surface area contributed by atoms with Gasteiger partial charge in [0.15, 0.2) is 12.2 Å². The van der Waals surface area contributed by atoms with E-state index in [0.717, 1.165) is 27.7 Å². The largest absolute Gasteiger partial charge is 0.459 e. The molecule has 1 aromatic carbocycles. The van der Waals surface area contributed by atoms with Crippen LogP contribution in [-0.4, -0.2) is 54.3 Å². The van der Waals surface area contributed by atoms with Gasteiger partial charge in [-0.3, -0.25) is 19.2 Å². The molecule has 0 heterocycles. The number of ether oxygens (including phenoxy) is 5. The van der Waals surface area contributed by atoms with E-state index < -0.39 is 54.3 Å². The van der Waals surface area contributed by atoms with Crippen LogP contribution in [0.5, 0.6) is 0 Å². The molecule has 0 bridgehead atoms. The summed E-state index contributed by atoms with van der Waals surface area (Å²) in [6.45, 7) is 5.51. The van der Waals surface area contributed by atoms with Crippen molar-refractivity contribution in [1.29, 1.82) is 0 Å². The highest BCUT2D eigenvalue weighted by atomic mass is 16.6. The molecule has 0 radical (unpaired) electrons. The van der Waals surface area contributed by atoms with Crippen LogP contribution in [0.4, 0.5) is 0 Å². The smallest absolute Gasteiger partial charge is 0.351 e. The Morgan fingerprint density at radius 1 is 0.710 bits per heavy atom. The van der Waals surface area contributed by atoms with E-state index in [0.29, 0.717) is 5.56 Å². The highest BCUT2D eigenvalue weighted by Crippen LogP contribution is 2.21. The molecule has 0 spiro atoms. The lowest BCUT2D eigenvalue weighted by Crippen LogP contribution is -2.53. The van der Waals surface area contributed by atoms with Crippen LogP contribution in [0.15, 0.2) is 30.3 Å². The SMILES string of the molecule is CC(=O)O[C@H]([C@H](OC(C)=O)[C@H](C)OC(C)=O)[C@H](OC(C)=O)C(=O)OCc1ccccc1. The standard InChI is InChI=1S/C21H26O10/c1-12(28-13(2)22)18(29-14(3)23)19(30-15(4)24)20(31-16(5)25)21(26)27-11-17-9-7-6-8-10-17/h6-10,12,18-20H,11H2,1-5H3/t12-,18+,19+,20-/m0/s1. The third-order valence-corrected chi connectivity index (χ3v) is 3.79. The zero-order chi connectivity index (χ0) is 23.6. The molecule has 0 N–H and O–H groups in total. The Balaban J connectivity index is 3.25. The summed E-state index contributed by atoms with van der Waals surface area (Å²) in [7, 11) is 0. The molecular formula is C21H26O10. The average Bonchev–Trinajstić information content (AvgIpc) is 2.66. The van der Waals surface area contributed by atoms with Crippen molar-refractivity contribution < 1.29 is 47.7 Å². The van der Waals surface area contributed by atoms with Crippen LogP contribution in [-0.2, 0) is 54.3 Å². The van der Waals surface area contributed by atoms with Crippen LogP contribution in [0, 0.1) is 0 Å². The summed E-state index contributed by atoms with van der Waals surface area (Å²) in [6.07, 6.45) is -6.03. The number of carbonyl (C=O) groups is 5.